The van der Waals surface area contributed by atoms with Crippen molar-refractivity contribution in [2.24, 2.45) is 0 Å². The van der Waals surface area contributed by atoms with Crippen LogP contribution in [0.1, 0.15) is 24.5 Å². The standard InChI is InChI=1S/C17H21ClO2P/c1-4-13-21(18,19-16-9-5-14(2)6-10-16)20-17-11-7-15(3)8-12-17/h5-12H,4,13H2,1-3H3/q+1. The third-order valence-corrected chi connectivity index (χ3v) is 5.89. The minimum absolute atomic E-state index is 0.705. The van der Waals surface area contributed by atoms with Gasteiger partial charge in [-0.25, -0.2) is 0 Å². The first kappa shape index (κ1) is 16.1. The Balaban J connectivity index is 2.14. The summed E-state index contributed by atoms with van der Waals surface area (Å²) in [5.74, 6) is 1.51. The largest absolute Gasteiger partial charge is 0.459 e. The predicted octanol–water partition coefficient (Wildman–Crippen LogP) is 6.17. The molecule has 2 rings (SSSR count). The second-order valence-corrected chi connectivity index (χ2v) is 8.66. The Morgan fingerprint density at radius 3 is 1.52 bits per heavy atom. The van der Waals surface area contributed by atoms with Crippen LogP contribution in [0, 0.1) is 13.8 Å². The zero-order valence-electron chi connectivity index (χ0n) is 12.7. The fourth-order valence-electron chi connectivity index (χ4n) is 1.89. The fourth-order valence-corrected chi connectivity index (χ4v) is 4.50. The van der Waals surface area contributed by atoms with Gasteiger partial charge in [-0.05, 0) is 44.5 Å². The van der Waals surface area contributed by atoms with E-state index in [1.54, 1.807) is 0 Å². The fraction of sp³-hybridized carbons (Fsp3) is 0.294. The second kappa shape index (κ2) is 7.15. The quantitative estimate of drug-likeness (QED) is 0.591. The molecule has 0 bridgehead atoms. The molecule has 2 nitrogen and oxygen atoms in total. The highest BCUT2D eigenvalue weighted by Crippen LogP contribution is 2.64. The van der Waals surface area contributed by atoms with E-state index in [4.69, 9.17) is 20.3 Å². The first-order chi connectivity index (χ1) is 10.0. The highest BCUT2D eigenvalue weighted by atomic mass is 35.7. The zero-order chi connectivity index (χ0) is 15.3. The van der Waals surface area contributed by atoms with Crippen LogP contribution in [0.2, 0.25) is 0 Å². The topological polar surface area (TPSA) is 18.5 Å². The van der Waals surface area contributed by atoms with Crippen LogP contribution < -0.4 is 9.05 Å². The van der Waals surface area contributed by atoms with Gasteiger partial charge in [0.1, 0.15) is 6.16 Å². The predicted molar refractivity (Wildman–Crippen MR) is 91.5 cm³/mol. The lowest BCUT2D eigenvalue weighted by molar-refractivity contribution is 0.479. The Labute approximate surface area is 132 Å². The minimum Gasteiger partial charge on any atom is -0.291 e. The summed E-state index contributed by atoms with van der Waals surface area (Å²) in [5, 5.41) is 0. The van der Waals surface area contributed by atoms with Crippen molar-refractivity contribution in [3.8, 4) is 11.5 Å². The third-order valence-electron chi connectivity index (χ3n) is 3.02. The maximum atomic E-state index is 6.65. The van der Waals surface area contributed by atoms with Gasteiger partial charge in [0.2, 0.25) is 0 Å². The third kappa shape index (κ3) is 4.91. The monoisotopic (exact) mass is 323 g/mol. The molecule has 0 atom stereocenters. The van der Waals surface area contributed by atoms with Crippen molar-refractivity contribution in [2.45, 2.75) is 27.2 Å². The van der Waals surface area contributed by atoms with Crippen LogP contribution in [0.5, 0.6) is 11.5 Å². The lowest BCUT2D eigenvalue weighted by Crippen LogP contribution is -2.07. The van der Waals surface area contributed by atoms with Gasteiger partial charge >= 0.3 is 7.07 Å². The molecule has 0 amide bonds. The molecule has 0 aliphatic heterocycles. The van der Waals surface area contributed by atoms with Crippen LogP contribution in [0.3, 0.4) is 0 Å². The van der Waals surface area contributed by atoms with Crippen molar-refractivity contribution >= 4 is 18.3 Å². The Bertz CT molecular complexity index is 519. The molecular weight excluding hydrogens is 303 g/mol. The van der Waals surface area contributed by atoms with Gasteiger partial charge in [0.15, 0.2) is 22.7 Å². The van der Waals surface area contributed by atoms with Crippen molar-refractivity contribution in [3.63, 3.8) is 0 Å². The van der Waals surface area contributed by atoms with Crippen LogP contribution in [0.25, 0.3) is 0 Å². The average Bonchev–Trinajstić information content (AvgIpc) is 2.44. The van der Waals surface area contributed by atoms with Gasteiger partial charge in [0.25, 0.3) is 0 Å². The number of hydrogen-bond donors (Lipinski definition) is 0. The number of aryl methyl sites for hydroxylation is 2. The second-order valence-electron chi connectivity index (χ2n) is 5.12. The summed E-state index contributed by atoms with van der Waals surface area (Å²) in [5.41, 5.74) is 2.38. The molecule has 0 heterocycles. The van der Waals surface area contributed by atoms with E-state index in [-0.39, 0.29) is 0 Å². The van der Waals surface area contributed by atoms with Crippen LogP contribution >= 0.6 is 18.3 Å². The summed E-state index contributed by atoms with van der Waals surface area (Å²) < 4.78 is 12.0. The highest BCUT2D eigenvalue weighted by Gasteiger charge is 2.43. The van der Waals surface area contributed by atoms with Crippen molar-refractivity contribution in [1.82, 2.24) is 0 Å². The summed E-state index contributed by atoms with van der Waals surface area (Å²) in [6.45, 7) is 6.16. The molecule has 0 aliphatic carbocycles. The number of halogens is 1. The number of rotatable bonds is 6. The van der Waals surface area contributed by atoms with E-state index in [1.807, 2.05) is 62.4 Å². The van der Waals surface area contributed by atoms with Gasteiger partial charge in [-0.15, -0.1) is 0 Å². The molecule has 2 aromatic rings. The van der Waals surface area contributed by atoms with E-state index in [9.17, 15) is 0 Å². The van der Waals surface area contributed by atoms with E-state index < -0.39 is 7.07 Å². The van der Waals surface area contributed by atoms with E-state index in [1.165, 1.54) is 11.1 Å². The molecule has 2 aromatic carbocycles. The summed E-state index contributed by atoms with van der Waals surface area (Å²) in [6, 6.07) is 15.8. The molecule has 112 valence electrons. The van der Waals surface area contributed by atoms with Crippen LogP contribution in [-0.2, 0) is 0 Å². The molecule has 0 fully saturated rings. The zero-order valence-corrected chi connectivity index (χ0v) is 14.3. The first-order valence-corrected chi connectivity index (χ1v) is 9.82. The van der Waals surface area contributed by atoms with Gasteiger partial charge in [-0.3, -0.25) is 9.05 Å². The van der Waals surface area contributed by atoms with Crippen molar-refractivity contribution in [3.05, 3.63) is 59.7 Å². The van der Waals surface area contributed by atoms with E-state index >= 15 is 0 Å². The summed E-state index contributed by atoms with van der Waals surface area (Å²) in [6.07, 6.45) is 1.62. The molecule has 0 aliphatic rings. The smallest absolute Gasteiger partial charge is 0.291 e. The van der Waals surface area contributed by atoms with Gasteiger partial charge in [-0.2, -0.15) is 0 Å². The molecule has 21 heavy (non-hydrogen) atoms. The SMILES string of the molecule is CCC[P+](Cl)(Oc1ccc(C)cc1)Oc1ccc(C)cc1. The van der Waals surface area contributed by atoms with Crippen molar-refractivity contribution in [1.29, 1.82) is 0 Å². The first-order valence-electron chi connectivity index (χ1n) is 7.11. The van der Waals surface area contributed by atoms with Crippen LogP contribution in [-0.4, -0.2) is 6.16 Å². The molecule has 0 saturated heterocycles. The lowest BCUT2D eigenvalue weighted by atomic mass is 10.2. The summed E-state index contributed by atoms with van der Waals surface area (Å²) in [4.78, 5) is 0. The highest BCUT2D eigenvalue weighted by molar-refractivity contribution is 7.92. The Morgan fingerprint density at radius 2 is 1.19 bits per heavy atom. The molecular formula is C17H21ClO2P+. The van der Waals surface area contributed by atoms with E-state index in [0.717, 1.165) is 17.9 Å². The van der Waals surface area contributed by atoms with Crippen molar-refractivity contribution in [2.75, 3.05) is 6.16 Å². The minimum atomic E-state index is -2.47. The average molecular weight is 324 g/mol. The number of hydrogen-bond acceptors (Lipinski definition) is 2. The normalized spacial score (nSPS) is 11.2. The van der Waals surface area contributed by atoms with Gasteiger partial charge < -0.3 is 0 Å². The summed E-state index contributed by atoms with van der Waals surface area (Å²) >= 11 is 6.65. The van der Waals surface area contributed by atoms with E-state index in [2.05, 4.69) is 6.92 Å². The molecule has 0 N–H and O–H groups in total. The molecule has 0 saturated carbocycles. The Morgan fingerprint density at radius 1 is 0.810 bits per heavy atom. The molecule has 4 heteroatoms. The Hall–Kier alpha value is -1.24. The van der Waals surface area contributed by atoms with Crippen LogP contribution in [0.15, 0.2) is 48.5 Å². The van der Waals surface area contributed by atoms with Gasteiger partial charge in [0, 0.05) is 0 Å². The van der Waals surface area contributed by atoms with Crippen LogP contribution in [0.4, 0.5) is 0 Å². The molecule has 0 unspecified atom stereocenters. The molecule has 0 aromatic heterocycles. The van der Waals surface area contributed by atoms with Gasteiger partial charge in [0.05, 0.1) is 0 Å². The van der Waals surface area contributed by atoms with Crippen molar-refractivity contribution < 1.29 is 9.05 Å². The molecule has 0 radical (unpaired) electrons. The van der Waals surface area contributed by atoms with E-state index in [0.29, 0.717) is 6.16 Å². The maximum absolute atomic E-state index is 6.65. The Kier molecular flexibility index (Phi) is 5.50. The number of benzene rings is 2. The maximum Gasteiger partial charge on any atom is 0.459 e. The molecule has 0 spiro atoms. The van der Waals surface area contributed by atoms with Gasteiger partial charge in [-0.1, -0.05) is 42.3 Å². The summed E-state index contributed by atoms with van der Waals surface area (Å²) in [7, 11) is -2.47. The lowest BCUT2D eigenvalue weighted by Gasteiger charge is -2.17.